The fourth-order valence-electron chi connectivity index (χ4n) is 2.50. The second-order valence-electron chi connectivity index (χ2n) is 5.74. The van der Waals surface area contributed by atoms with E-state index in [1.807, 2.05) is 18.2 Å². The summed E-state index contributed by atoms with van der Waals surface area (Å²) >= 11 is 11.5. The van der Waals surface area contributed by atoms with E-state index in [9.17, 15) is 4.79 Å². The average molecular weight is 423 g/mol. The van der Waals surface area contributed by atoms with E-state index in [2.05, 4.69) is 10.6 Å². The molecule has 0 unspecified atom stereocenters. The summed E-state index contributed by atoms with van der Waals surface area (Å²) in [6.07, 6.45) is 0.755. The number of benzene rings is 2. The van der Waals surface area contributed by atoms with Gasteiger partial charge in [-0.15, -0.1) is 0 Å². The number of methoxy groups -OCH3 is 2. The van der Waals surface area contributed by atoms with Crippen LogP contribution in [0.2, 0.25) is 5.02 Å². The van der Waals surface area contributed by atoms with Gasteiger partial charge < -0.3 is 24.8 Å². The molecule has 2 aromatic rings. The molecule has 0 aromatic heterocycles. The maximum Gasteiger partial charge on any atom is 0.339 e. The van der Waals surface area contributed by atoms with Crippen LogP contribution in [0.4, 0.5) is 5.69 Å². The summed E-state index contributed by atoms with van der Waals surface area (Å²) in [5.41, 5.74) is 2.10. The van der Waals surface area contributed by atoms with E-state index in [0.717, 1.165) is 12.0 Å². The van der Waals surface area contributed by atoms with Gasteiger partial charge in [0.15, 0.2) is 16.6 Å². The molecule has 0 aliphatic carbocycles. The molecule has 0 heterocycles. The molecule has 0 atom stereocenters. The molecule has 0 aliphatic rings. The lowest BCUT2D eigenvalue weighted by Crippen LogP contribution is -2.30. The van der Waals surface area contributed by atoms with Crippen molar-refractivity contribution >= 4 is 40.6 Å². The Morgan fingerprint density at radius 1 is 1.11 bits per heavy atom. The number of anilines is 1. The SMILES string of the molecule is CCOC(=O)c1ccc(NC(=S)NCCc2ccc(OC)c(OC)c2)cc1Cl. The second kappa shape index (κ2) is 10.7. The number of rotatable bonds is 8. The molecule has 0 aliphatic heterocycles. The molecule has 0 saturated carbocycles. The number of nitrogens with one attached hydrogen (secondary N) is 2. The Morgan fingerprint density at radius 3 is 2.50 bits per heavy atom. The van der Waals surface area contributed by atoms with E-state index in [1.54, 1.807) is 39.3 Å². The summed E-state index contributed by atoms with van der Waals surface area (Å²) < 4.78 is 15.5. The Morgan fingerprint density at radius 2 is 1.86 bits per heavy atom. The normalized spacial score (nSPS) is 10.1. The van der Waals surface area contributed by atoms with E-state index in [-0.39, 0.29) is 0 Å². The highest BCUT2D eigenvalue weighted by Gasteiger charge is 2.12. The molecule has 0 fully saturated rings. The van der Waals surface area contributed by atoms with Crippen LogP contribution in [0.3, 0.4) is 0 Å². The molecule has 0 radical (unpaired) electrons. The lowest BCUT2D eigenvalue weighted by molar-refractivity contribution is 0.0526. The molecule has 2 rings (SSSR count). The first-order chi connectivity index (χ1) is 13.5. The summed E-state index contributed by atoms with van der Waals surface area (Å²) in [6.45, 7) is 2.67. The third-order valence-corrected chi connectivity index (χ3v) is 4.43. The van der Waals surface area contributed by atoms with E-state index >= 15 is 0 Å². The summed E-state index contributed by atoms with van der Waals surface area (Å²) in [7, 11) is 3.21. The van der Waals surface area contributed by atoms with Gasteiger partial charge in [0.1, 0.15) is 0 Å². The smallest absolute Gasteiger partial charge is 0.339 e. The van der Waals surface area contributed by atoms with Gasteiger partial charge >= 0.3 is 5.97 Å². The van der Waals surface area contributed by atoms with Gasteiger partial charge in [0.25, 0.3) is 0 Å². The number of hydrogen-bond donors (Lipinski definition) is 2. The van der Waals surface area contributed by atoms with Crippen LogP contribution in [0.15, 0.2) is 36.4 Å². The molecule has 0 bridgehead atoms. The molecule has 0 saturated heterocycles. The summed E-state index contributed by atoms with van der Waals surface area (Å²) in [5.74, 6) is 0.936. The molecule has 6 nitrogen and oxygen atoms in total. The maximum atomic E-state index is 11.8. The van der Waals surface area contributed by atoms with Gasteiger partial charge in [-0.3, -0.25) is 0 Å². The number of halogens is 1. The van der Waals surface area contributed by atoms with Crippen molar-refractivity contribution in [2.75, 3.05) is 32.7 Å². The molecule has 0 amide bonds. The number of carbonyl (C=O) groups excluding carboxylic acids is 1. The lowest BCUT2D eigenvalue weighted by Gasteiger charge is -2.13. The minimum atomic E-state index is -0.449. The van der Waals surface area contributed by atoms with Crippen LogP contribution in [-0.4, -0.2) is 38.5 Å². The molecule has 2 N–H and O–H groups in total. The van der Waals surface area contributed by atoms with Crippen molar-refractivity contribution in [3.63, 3.8) is 0 Å². The van der Waals surface area contributed by atoms with Gasteiger partial charge in [-0.2, -0.15) is 0 Å². The summed E-state index contributed by atoms with van der Waals surface area (Å²) in [5, 5.41) is 6.94. The van der Waals surface area contributed by atoms with Gasteiger partial charge in [0.2, 0.25) is 0 Å². The zero-order chi connectivity index (χ0) is 20.5. The van der Waals surface area contributed by atoms with Gasteiger partial charge in [-0.25, -0.2) is 4.79 Å². The number of carbonyl (C=O) groups is 1. The molecule has 28 heavy (non-hydrogen) atoms. The Balaban J connectivity index is 1.87. The molecule has 150 valence electrons. The van der Waals surface area contributed by atoms with Crippen molar-refractivity contribution in [3.8, 4) is 11.5 Å². The van der Waals surface area contributed by atoms with Crippen LogP contribution in [0.1, 0.15) is 22.8 Å². The Labute approximate surface area is 175 Å². The van der Waals surface area contributed by atoms with Gasteiger partial charge in [0.05, 0.1) is 31.4 Å². The third-order valence-electron chi connectivity index (χ3n) is 3.87. The Bertz CT molecular complexity index is 845. The molecular weight excluding hydrogens is 400 g/mol. The fraction of sp³-hybridized carbons (Fsp3) is 0.300. The highest BCUT2D eigenvalue weighted by molar-refractivity contribution is 7.80. The lowest BCUT2D eigenvalue weighted by atomic mass is 10.1. The topological polar surface area (TPSA) is 68.8 Å². The fourth-order valence-corrected chi connectivity index (χ4v) is 2.98. The minimum absolute atomic E-state index is 0.295. The first-order valence-corrected chi connectivity index (χ1v) is 9.49. The summed E-state index contributed by atoms with van der Waals surface area (Å²) in [6, 6.07) is 10.8. The van der Waals surface area contributed by atoms with Crippen molar-refractivity contribution in [1.82, 2.24) is 5.32 Å². The van der Waals surface area contributed by atoms with Crippen LogP contribution in [0.5, 0.6) is 11.5 Å². The standard InChI is InChI=1S/C20H23ClN2O4S/c1-4-27-19(24)15-7-6-14(12-16(15)21)23-20(28)22-10-9-13-5-8-17(25-2)18(11-13)26-3/h5-8,11-12H,4,9-10H2,1-3H3,(H2,22,23,28). The predicted octanol–water partition coefficient (Wildman–Crippen LogP) is 4.06. The van der Waals surface area contributed by atoms with Crippen molar-refractivity contribution in [1.29, 1.82) is 0 Å². The molecule has 0 spiro atoms. The van der Waals surface area contributed by atoms with Crippen molar-refractivity contribution in [3.05, 3.63) is 52.5 Å². The van der Waals surface area contributed by atoms with Gasteiger partial charge in [0, 0.05) is 12.2 Å². The first kappa shape index (κ1) is 21.8. The van der Waals surface area contributed by atoms with Crippen molar-refractivity contribution < 1.29 is 19.0 Å². The van der Waals surface area contributed by atoms with E-state index in [1.165, 1.54) is 0 Å². The largest absolute Gasteiger partial charge is 0.493 e. The highest BCUT2D eigenvalue weighted by Crippen LogP contribution is 2.27. The first-order valence-electron chi connectivity index (χ1n) is 8.71. The molecular formula is C20H23ClN2O4S. The van der Waals surface area contributed by atoms with E-state index in [0.29, 0.717) is 46.0 Å². The monoisotopic (exact) mass is 422 g/mol. The van der Waals surface area contributed by atoms with Crippen molar-refractivity contribution in [2.45, 2.75) is 13.3 Å². The summed E-state index contributed by atoms with van der Waals surface area (Å²) in [4.78, 5) is 11.8. The average Bonchev–Trinajstić information content (AvgIpc) is 2.68. The minimum Gasteiger partial charge on any atom is -0.493 e. The molecule has 2 aromatic carbocycles. The third kappa shape index (κ3) is 6.00. The number of hydrogen-bond acceptors (Lipinski definition) is 5. The van der Waals surface area contributed by atoms with Gasteiger partial charge in [-0.1, -0.05) is 17.7 Å². The Hall–Kier alpha value is -2.51. The molecule has 8 heteroatoms. The predicted molar refractivity (Wildman–Crippen MR) is 115 cm³/mol. The number of ether oxygens (including phenoxy) is 3. The van der Waals surface area contributed by atoms with Crippen LogP contribution in [0, 0.1) is 0 Å². The van der Waals surface area contributed by atoms with Crippen LogP contribution >= 0.6 is 23.8 Å². The van der Waals surface area contributed by atoms with Gasteiger partial charge in [-0.05, 0) is 61.5 Å². The van der Waals surface area contributed by atoms with E-state index < -0.39 is 5.97 Å². The zero-order valence-electron chi connectivity index (χ0n) is 16.0. The number of esters is 1. The Kier molecular flexibility index (Phi) is 8.35. The van der Waals surface area contributed by atoms with Crippen LogP contribution in [0.25, 0.3) is 0 Å². The number of thiocarbonyl (C=S) groups is 1. The van der Waals surface area contributed by atoms with Crippen LogP contribution < -0.4 is 20.1 Å². The highest BCUT2D eigenvalue weighted by atomic mass is 35.5. The zero-order valence-corrected chi connectivity index (χ0v) is 17.6. The maximum absolute atomic E-state index is 11.8. The van der Waals surface area contributed by atoms with E-state index in [4.69, 9.17) is 38.0 Å². The van der Waals surface area contributed by atoms with Crippen molar-refractivity contribution in [2.24, 2.45) is 0 Å². The quantitative estimate of drug-likeness (QED) is 0.491. The van der Waals surface area contributed by atoms with Crippen LogP contribution in [-0.2, 0) is 11.2 Å². The second-order valence-corrected chi connectivity index (χ2v) is 6.55.